The van der Waals surface area contributed by atoms with Crippen molar-refractivity contribution in [3.8, 4) is 11.5 Å². The lowest BCUT2D eigenvalue weighted by atomic mass is 9.66. The van der Waals surface area contributed by atoms with Gasteiger partial charge in [0.1, 0.15) is 5.78 Å². The van der Waals surface area contributed by atoms with Gasteiger partial charge in [0.05, 0.1) is 0 Å². The maximum Gasteiger partial charge on any atom is 0.165 e. The minimum absolute atomic E-state index is 0.0499. The Bertz CT molecular complexity index is 778. The molecular formula is C18H18O3. The summed E-state index contributed by atoms with van der Waals surface area (Å²) < 4.78 is 0. The largest absolute Gasteiger partial charge is 0.504 e. The number of hydrogen-bond acceptors (Lipinski definition) is 3. The van der Waals surface area contributed by atoms with E-state index < -0.39 is 0 Å². The predicted octanol–water partition coefficient (Wildman–Crippen LogP) is 3.65. The second-order valence-corrected chi connectivity index (χ2v) is 6.59. The van der Waals surface area contributed by atoms with Gasteiger partial charge in [0, 0.05) is 17.2 Å². The van der Waals surface area contributed by atoms with Gasteiger partial charge in [0.15, 0.2) is 11.5 Å². The van der Waals surface area contributed by atoms with Crippen molar-refractivity contribution in [2.75, 3.05) is 0 Å². The van der Waals surface area contributed by atoms with Crippen molar-refractivity contribution in [3.63, 3.8) is 0 Å². The van der Waals surface area contributed by atoms with E-state index in [0.29, 0.717) is 23.5 Å². The lowest BCUT2D eigenvalue weighted by molar-refractivity contribution is -0.126. The van der Waals surface area contributed by atoms with Crippen molar-refractivity contribution in [3.05, 3.63) is 35.4 Å². The first-order chi connectivity index (χ1) is 10.0. The average molecular weight is 282 g/mol. The molecule has 1 fully saturated rings. The smallest absolute Gasteiger partial charge is 0.165 e. The highest BCUT2D eigenvalue weighted by Gasteiger charge is 2.49. The fourth-order valence-corrected chi connectivity index (χ4v) is 4.33. The fourth-order valence-electron chi connectivity index (χ4n) is 4.33. The minimum Gasteiger partial charge on any atom is -0.504 e. The molecule has 2 N–H and O–H groups in total. The number of phenols is 2. The molecule has 0 radical (unpaired) electrons. The second-order valence-electron chi connectivity index (χ2n) is 6.59. The summed E-state index contributed by atoms with van der Waals surface area (Å²) in [7, 11) is 0. The van der Waals surface area contributed by atoms with E-state index in [1.165, 1.54) is 11.1 Å². The minimum atomic E-state index is -0.209. The van der Waals surface area contributed by atoms with Gasteiger partial charge in [0.25, 0.3) is 0 Å². The molecule has 2 aromatic rings. The van der Waals surface area contributed by atoms with Gasteiger partial charge in [-0.1, -0.05) is 25.1 Å². The van der Waals surface area contributed by atoms with Gasteiger partial charge >= 0.3 is 0 Å². The van der Waals surface area contributed by atoms with E-state index in [0.717, 1.165) is 24.6 Å². The Hall–Kier alpha value is -2.03. The first-order valence-corrected chi connectivity index (χ1v) is 7.52. The monoisotopic (exact) mass is 282 g/mol. The first-order valence-electron chi connectivity index (χ1n) is 7.52. The van der Waals surface area contributed by atoms with E-state index in [1.54, 1.807) is 6.07 Å². The van der Waals surface area contributed by atoms with Crippen molar-refractivity contribution in [2.24, 2.45) is 5.41 Å². The van der Waals surface area contributed by atoms with Gasteiger partial charge in [-0.05, 0) is 47.8 Å². The number of fused-ring (bicyclic) bond motifs is 5. The molecule has 1 unspecified atom stereocenters. The highest BCUT2D eigenvalue weighted by molar-refractivity contribution is 5.95. The number of rotatable bonds is 0. The van der Waals surface area contributed by atoms with Crippen LogP contribution in [0.2, 0.25) is 0 Å². The first kappa shape index (κ1) is 12.7. The summed E-state index contributed by atoms with van der Waals surface area (Å²) in [6, 6.07) is 7.34. The zero-order chi connectivity index (χ0) is 14.8. The summed E-state index contributed by atoms with van der Waals surface area (Å²) >= 11 is 0. The molecule has 4 rings (SSSR count). The number of carbonyl (C=O) groups is 1. The molecule has 0 aromatic heterocycles. The molecule has 21 heavy (non-hydrogen) atoms. The quantitative estimate of drug-likeness (QED) is 0.725. The Morgan fingerprint density at radius 1 is 1.10 bits per heavy atom. The average Bonchev–Trinajstić information content (AvgIpc) is 2.78. The number of phenolic OH excluding ortho intramolecular Hbond substituents is 2. The topological polar surface area (TPSA) is 57.5 Å². The summed E-state index contributed by atoms with van der Waals surface area (Å²) in [5.74, 6) is 0.561. The molecular weight excluding hydrogens is 264 g/mol. The lowest BCUT2D eigenvalue weighted by Gasteiger charge is -2.37. The third-order valence-corrected chi connectivity index (χ3v) is 5.63. The van der Waals surface area contributed by atoms with Crippen LogP contribution in [0.4, 0.5) is 0 Å². The van der Waals surface area contributed by atoms with Crippen molar-refractivity contribution in [2.45, 2.75) is 38.5 Å². The van der Waals surface area contributed by atoms with E-state index in [9.17, 15) is 15.0 Å². The molecule has 0 heterocycles. The zero-order valence-corrected chi connectivity index (χ0v) is 12.0. The third-order valence-electron chi connectivity index (χ3n) is 5.63. The molecule has 0 aliphatic heterocycles. The highest BCUT2D eigenvalue weighted by Crippen LogP contribution is 2.55. The SMILES string of the molecule is CC12CCc3c(ccc4c(O)c(O)ccc34)[C@@H]1CCC2=O. The van der Waals surface area contributed by atoms with E-state index >= 15 is 0 Å². The molecule has 3 heteroatoms. The van der Waals surface area contributed by atoms with E-state index in [4.69, 9.17) is 0 Å². The standard InChI is InChI=1S/C18H18O3/c1-18-9-8-11-10-4-6-15(19)17(21)13(10)3-2-12(11)14(18)5-7-16(18)20/h2-4,6,14,19,21H,5,7-9H2,1H3/t14-,18?/m0/s1. The molecule has 1 saturated carbocycles. The van der Waals surface area contributed by atoms with Gasteiger partial charge < -0.3 is 10.2 Å². The number of carbonyl (C=O) groups excluding carboxylic acids is 1. The fraction of sp³-hybridized carbons (Fsp3) is 0.389. The number of hydrogen-bond donors (Lipinski definition) is 2. The summed E-state index contributed by atoms with van der Waals surface area (Å²) in [5, 5.41) is 21.4. The van der Waals surface area contributed by atoms with Crippen LogP contribution in [-0.4, -0.2) is 16.0 Å². The Morgan fingerprint density at radius 2 is 1.86 bits per heavy atom. The van der Waals surface area contributed by atoms with E-state index in [1.807, 2.05) is 18.2 Å². The summed E-state index contributed by atoms with van der Waals surface area (Å²) in [4.78, 5) is 12.2. The van der Waals surface area contributed by atoms with Gasteiger partial charge in [-0.15, -0.1) is 0 Å². The molecule has 2 aliphatic rings. The van der Waals surface area contributed by atoms with Crippen LogP contribution in [0.5, 0.6) is 11.5 Å². The Kier molecular flexibility index (Phi) is 2.42. The normalized spacial score (nSPS) is 27.7. The highest BCUT2D eigenvalue weighted by atomic mass is 16.3. The molecule has 0 amide bonds. The van der Waals surface area contributed by atoms with Crippen molar-refractivity contribution in [1.29, 1.82) is 0 Å². The van der Waals surface area contributed by atoms with Gasteiger partial charge in [0.2, 0.25) is 0 Å². The number of benzene rings is 2. The molecule has 0 bridgehead atoms. The van der Waals surface area contributed by atoms with Gasteiger partial charge in [-0.2, -0.15) is 0 Å². The van der Waals surface area contributed by atoms with Crippen molar-refractivity contribution < 1.29 is 15.0 Å². The summed E-state index contributed by atoms with van der Waals surface area (Å²) in [6.45, 7) is 2.11. The molecule has 2 aliphatic carbocycles. The van der Waals surface area contributed by atoms with Crippen LogP contribution in [0.1, 0.15) is 43.2 Å². The predicted molar refractivity (Wildman–Crippen MR) is 80.7 cm³/mol. The van der Waals surface area contributed by atoms with Crippen LogP contribution in [0, 0.1) is 5.41 Å². The maximum atomic E-state index is 12.2. The number of Topliss-reactive ketones (excluding diaryl/α,β-unsaturated/α-hetero) is 1. The van der Waals surface area contributed by atoms with Crippen LogP contribution in [-0.2, 0) is 11.2 Å². The maximum absolute atomic E-state index is 12.2. The molecule has 3 nitrogen and oxygen atoms in total. The van der Waals surface area contributed by atoms with E-state index in [-0.39, 0.29) is 16.9 Å². The number of aryl methyl sites for hydroxylation is 1. The van der Waals surface area contributed by atoms with Gasteiger partial charge in [-0.25, -0.2) is 0 Å². The molecule has 108 valence electrons. The Balaban J connectivity index is 1.97. The van der Waals surface area contributed by atoms with Gasteiger partial charge in [-0.3, -0.25) is 4.79 Å². The van der Waals surface area contributed by atoms with Crippen LogP contribution in [0.25, 0.3) is 10.8 Å². The van der Waals surface area contributed by atoms with Crippen LogP contribution in [0.3, 0.4) is 0 Å². The van der Waals surface area contributed by atoms with Crippen LogP contribution < -0.4 is 0 Å². The lowest BCUT2D eigenvalue weighted by Crippen LogP contribution is -2.32. The van der Waals surface area contributed by atoms with Crippen LogP contribution in [0.15, 0.2) is 24.3 Å². The molecule has 2 aromatic carbocycles. The second kappa shape index (κ2) is 4.00. The van der Waals surface area contributed by atoms with Crippen molar-refractivity contribution >= 4 is 16.6 Å². The van der Waals surface area contributed by atoms with E-state index in [2.05, 4.69) is 6.92 Å². The summed E-state index contributed by atoms with van der Waals surface area (Å²) in [6.07, 6.45) is 3.34. The molecule has 0 spiro atoms. The molecule has 2 atom stereocenters. The van der Waals surface area contributed by atoms with Crippen molar-refractivity contribution in [1.82, 2.24) is 0 Å². The molecule has 0 saturated heterocycles. The number of ketones is 1. The summed E-state index contributed by atoms with van der Waals surface area (Å²) in [5.41, 5.74) is 2.28. The third kappa shape index (κ3) is 1.52. The Labute approximate surface area is 123 Å². The van der Waals surface area contributed by atoms with Crippen LogP contribution >= 0.6 is 0 Å². The Morgan fingerprint density at radius 3 is 2.67 bits per heavy atom. The number of aromatic hydroxyl groups is 2. The zero-order valence-electron chi connectivity index (χ0n) is 12.0.